The van der Waals surface area contributed by atoms with Crippen LogP contribution in [0, 0.1) is 5.92 Å². The van der Waals surface area contributed by atoms with Crippen LogP contribution < -0.4 is 0 Å². The van der Waals surface area contributed by atoms with Crippen molar-refractivity contribution >= 4 is 17.3 Å². The van der Waals surface area contributed by atoms with E-state index in [0.717, 1.165) is 0 Å². The lowest BCUT2D eigenvalue weighted by atomic mass is 9.93. The predicted molar refractivity (Wildman–Crippen MR) is 89.7 cm³/mol. The normalized spacial score (nSPS) is 21.0. The molecule has 106 valence electrons. The molecule has 2 aliphatic rings. The van der Waals surface area contributed by atoms with Crippen LogP contribution >= 0.6 is 11.8 Å². The molecule has 2 heteroatoms. The lowest BCUT2D eigenvalue weighted by Crippen LogP contribution is -2.13. The molecular formula is C19H19NS. The summed E-state index contributed by atoms with van der Waals surface area (Å²) >= 11 is 1.89. The van der Waals surface area contributed by atoms with E-state index in [0.29, 0.717) is 5.92 Å². The summed E-state index contributed by atoms with van der Waals surface area (Å²) in [6.45, 7) is 2.40. The summed E-state index contributed by atoms with van der Waals surface area (Å²) in [4.78, 5) is 5.19. The quantitative estimate of drug-likeness (QED) is 0.648. The molecule has 0 aliphatic carbocycles. The minimum Gasteiger partial charge on any atom is -0.306 e. The van der Waals surface area contributed by atoms with Crippen molar-refractivity contribution in [3.05, 3.63) is 65.7 Å². The van der Waals surface area contributed by atoms with Crippen LogP contribution in [0.15, 0.2) is 64.4 Å². The van der Waals surface area contributed by atoms with E-state index in [9.17, 15) is 0 Å². The molecule has 0 aromatic heterocycles. The lowest BCUT2D eigenvalue weighted by molar-refractivity contribution is 0.408. The molecule has 2 aliphatic heterocycles. The summed E-state index contributed by atoms with van der Waals surface area (Å²) in [5.41, 5.74) is 4.23. The van der Waals surface area contributed by atoms with Crippen LogP contribution in [-0.4, -0.2) is 25.0 Å². The summed E-state index contributed by atoms with van der Waals surface area (Å²) in [6.07, 6.45) is 3.79. The van der Waals surface area contributed by atoms with Gasteiger partial charge in [-0.3, -0.25) is 0 Å². The minimum absolute atomic E-state index is 0.675. The zero-order valence-electron chi connectivity index (χ0n) is 12.3. The number of likely N-dealkylation sites (tertiary alicyclic amines) is 1. The van der Waals surface area contributed by atoms with E-state index >= 15 is 0 Å². The molecule has 1 nitrogen and oxygen atoms in total. The summed E-state index contributed by atoms with van der Waals surface area (Å²) < 4.78 is 0. The molecule has 0 spiro atoms. The zero-order valence-corrected chi connectivity index (χ0v) is 13.1. The van der Waals surface area contributed by atoms with E-state index in [4.69, 9.17) is 0 Å². The first-order valence-corrected chi connectivity index (χ1v) is 8.40. The highest BCUT2D eigenvalue weighted by Gasteiger charge is 2.23. The number of nitrogens with zero attached hydrogens (tertiary/aromatic N) is 1. The van der Waals surface area contributed by atoms with Crippen molar-refractivity contribution in [1.29, 1.82) is 0 Å². The first kappa shape index (κ1) is 13.2. The van der Waals surface area contributed by atoms with Crippen LogP contribution in [0.3, 0.4) is 0 Å². The maximum Gasteiger partial charge on any atom is 0.0201 e. The Balaban J connectivity index is 1.83. The van der Waals surface area contributed by atoms with Crippen LogP contribution in [-0.2, 0) is 0 Å². The highest BCUT2D eigenvalue weighted by atomic mass is 32.2. The molecule has 4 rings (SSSR count). The van der Waals surface area contributed by atoms with Crippen molar-refractivity contribution in [2.45, 2.75) is 16.2 Å². The van der Waals surface area contributed by atoms with Crippen LogP contribution in [0.4, 0.5) is 0 Å². The number of fused-ring (bicyclic) bond motifs is 2. The fourth-order valence-corrected chi connectivity index (χ4v) is 4.45. The van der Waals surface area contributed by atoms with E-state index < -0.39 is 0 Å². The second-order valence-electron chi connectivity index (χ2n) is 5.99. The van der Waals surface area contributed by atoms with Crippen molar-refractivity contribution < 1.29 is 0 Å². The second kappa shape index (κ2) is 5.36. The molecule has 0 saturated carbocycles. The Morgan fingerprint density at radius 2 is 1.62 bits per heavy atom. The van der Waals surface area contributed by atoms with Crippen LogP contribution in [0.2, 0.25) is 0 Å². The Hall–Kier alpha value is -1.51. The molecule has 1 fully saturated rings. The summed E-state index contributed by atoms with van der Waals surface area (Å²) in [6, 6.07) is 17.6. The van der Waals surface area contributed by atoms with Gasteiger partial charge < -0.3 is 4.90 Å². The van der Waals surface area contributed by atoms with Gasteiger partial charge in [-0.15, -0.1) is 0 Å². The molecule has 1 atom stereocenters. The van der Waals surface area contributed by atoms with Gasteiger partial charge in [0.2, 0.25) is 0 Å². The topological polar surface area (TPSA) is 3.24 Å². The van der Waals surface area contributed by atoms with E-state index in [2.05, 4.69) is 66.6 Å². The Morgan fingerprint density at radius 3 is 2.19 bits per heavy atom. The molecule has 0 bridgehead atoms. The molecule has 2 aromatic carbocycles. The third-order valence-corrected chi connectivity index (χ3v) is 5.56. The summed E-state index contributed by atoms with van der Waals surface area (Å²) in [5, 5.41) is 0. The van der Waals surface area contributed by atoms with Gasteiger partial charge in [0.1, 0.15) is 0 Å². The predicted octanol–water partition coefficient (Wildman–Crippen LogP) is 4.53. The number of benzene rings is 2. The smallest absolute Gasteiger partial charge is 0.0201 e. The average Bonchev–Trinajstić information content (AvgIpc) is 2.92. The van der Waals surface area contributed by atoms with Gasteiger partial charge in [-0.25, -0.2) is 0 Å². The van der Waals surface area contributed by atoms with Crippen LogP contribution in [0.5, 0.6) is 0 Å². The maximum absolute atomic E-state index is 2.51. The first-order valence-electron chi connectivity index (χ1n) is 7.58. The Labute approximate surface area is 130 Å². The highest BCUT2D eigenvalue weighted by molar-refractivity contribution is 7.99. The third kappa shape index (κ3) is 2.43. The molecule has 0 radical (unpaired) electrons. The molecular weight excluding hydrogens is 274 g/mol. The molecule has 2 heterocycles. The van der Waals surface area contributed by atoms with Gasteiger partial charge in [0.05, 0.1) is 0 Å². The van der Waals surface area contributed by atoms with Crippen LogP contribution in [0.1, 0.15) is 17.5 Å². The zero-order chi connectivity index (χ0) is 14.2. The maximum atomic E-state index is 2.51. The van der Waals surface area contributed by atoms with Gasteiger partial charge in [-0.2, -0.15) is 0 Å². The SMILES string of the molecule is CN1CCC(C=C2c3ccccc3Sc3ccccc32)C1. The number of hydrogen-bond acceptors (Lipinski definition) is 2. The van der Waals surface area contributed by atoms with Gasteiger partial charge in [0.15, 0.2) is 0 Å². The Bertz CT molecular complexity index is 657. The Morgan fingerprint density at radius 1 is 1.00 bits per heavy atom. The average molecular weight is 293 g/mol. The van der Waals surface area contributed by atoms with Gasteiger partial charge in [0.25, 0.3) is 0 Å². The summed E-state index contributed by atoms with van der Waals surface area (Å²) in [5.74, 6) is 0.675. The molecule has 0 N–H and O–H groups in total. The van der Waals surface area contributed by atoms with E-state index in [-0.39, 0.29) is 0 Å². The third-order valence-electron chi connectivity index (χ3n) is 4.40. The van der Waals surface area contributed by atoms with Crippen LogP contribution in [0.25, 0.3) is 5.57 Å². The lowest BCUT2D eigenvalue weighted by Gasteiger charge is -2.23. The molecule has 2 aromatic rings. The van der Waals surface area contributed by atoms with Gasteiger partial charge >= 0.3 is 0 Å². The van der Waals surface area contributed by atoms with Crippen molar-refractivity contribution in [2.75, 3.05) is 20.1 Å². The largest absolute Gasteiger partial charge is 0.306 e. The minimum atomic E-state index is 0.675. The second-order valence-corrected chi connectivity index (χ2v) is 7.07. The van der Waals surface area contributed by atoms with Gasteiger partial charge in [-0.1, -0.05) is 54.2 Å². The number of rotatable bonds is 1. The number of hydrogen-bond donors (Lipinski definition) is 0. The van der Waals surface area contributed by atoms with Crippen molar-refractivity contribution in [2.24, 2.45) is 5.92 Å². The fraction of sp³-hybridized carbons (Fsp3) is 0.263. The van der Waals surface area contributed by atoms with Crippen molar-refractivity contribution in [3.63, 3.8) is 0 Å². The first-order chi connectivity index (χ1) is 10.3. The molecule has 1 saturated heterocycles. The molecule has 0 amide bonds. The molecule has 1 unspecified atom stereocenters. The molecule has 21 heavy (non-hydrogen) atoms. The standard InChI is InChI=1S/C19H19NS/c1-20-11-10-14(13-20)12-17-15-6-2-4-8-18(15)21-19-9-5-3-7-16(17)19/h2-9,12,14H,10-11,13H2,1H3. The van der Waals surface area contributed by atoms with Crippen molar-refractivity contribution in [3.8, 4) is 0 Å². The van der Waals surface area contributed by atoms with E-state index in [1.165, 1.54) is 46.0 Å². The fourth-order valence-electron chi connectivity index (χ4n) is 3.34. The van der Waals surface area contributed by atoms with Gasteiger partial charge in [-0.05, 0) is 54.8 Å². The monoisotopic (exact) mass is 293 g/mol. The highest BCUT2D eigenvalue weighted by Crippen LogP contribution is 2.45. The Kier molecular flexibility index (Phi) is 3.36. The van der Waals surface area contributed by atoms with E-state index in [1.54, 1.807) is 0 Å². The van der Waals surface area contributed by atoms with Crippen molar-refractivity contribution in [1.82, 2.24) is 4.90 Å². The van der Waals surface area contributed by atoms with E-state index in [1.807, 2.05) is 11.8 Å². The van der Waals surface area contributed by atoms with Gasteiger partial charge in [0, 0.05) is 16.3 Å². The summed E-state index contributed by atoms with van der Waals surface area (Å²) in [7, 11) is 2.22.